The summed E-state index contributed by atoms with van der Waals surface area (Å²) in [6.45, 7) is 2.27. The molecule has 3 aromatic rings. The predicted octanol–water partition coefficient (Wildman–Crippen LogP) is 6.37. The first-order valence-corrected chi connectivity index (χ1v) is 11.1. The number of aliphatic imine (C=N–C) groups is 1. The van der Waals surface area contributed by atoms with Crippen molar-refractivity contribution in [1.29, 1.82) is 0 Å². The van der Waals surface area contributed by atoms with Crippen molar-refractivity contribution < 1.29 is 13.9 Å². The highest BCUT2D eigenvalue weighted by Gasteiger charge is 2.23. The topological polar surface area (TPSA) is 50.7 Å². The third-order valence-electron chi connectivity index (χ3n) is 4.45. The van der Waals surface area contributed by atoms with Gasteiger partial charge in [0.25, 0.3) is 5.91 Å². The number of carbonyl (C=O) groups is 1. The van der Waals surface area contributed by atoms with Gasteiger partial charge in [0.2, 0.25) is 0 Å². The van der Waals surface area contributed by atoms with Gasteiger partial charge in [-0.15, -0.1) is 0 Å². The zero-order chi connectivity index (χ0) is 21.8. The molecule has 31 heavy (non-hydrogen) atoms. The molecule has 0 atom stereocenters. The van der Waals surface area contributed by atoms with Crippen LogP contribution in [-0.2, 0) is 11.4 Å². The molecule has 0 saturated carbocycles. The first-order chi connectivity index (χ1) is 15.0. The van der Waals surface area contributed by atoms with Crippen LogP contribution in [0.1, 0.15) is 16.7 Å². The Kier molecular flexibility index (Phi) is 6.53. The lowest BCUT2D eigenvalue weighted by Gasteiger charge is -2.09. The molecule has 1 fully saturated rings. The van der Waals surface area contributed by atoms with E-state index in [-0.39, 0.29) is 18.3 Å². The fourth-order valence-electron chi connectivity index (χ4n) is 2.88. The lowest BCUT2D eigenvalue weighted by atomic mass is 10.2. The monoisotopic (exact) mass is 496 g/mol. The maximum Gasteiger partial charge on any atom is 0.264 e. The van der Waals surface area contributed by atoms with Gasteiger partial charge < -0.3 is 10.1 Å². The van der Waals surface area contributed by atoms with E-state index in [4.69, 9.17) is 4.74 Å². The summed E-state index contributed by atoms with van der Waals surface area (Å²) in [5.41, 5.74) is 3.54. The molecule has 0 spiro atoms. The molecule has 0 unspecified atom stereocenters. The normalized spacial score (nSPS) is 16.0. The number of aryl methyl sites for hydroxylation is 1. The van der Waals surface area contributed by atoms with E-state index in [1.807, 2.05) is 49.4 Å². The minimum Gasteiger partial charge on any atom is -0.488 e. The Balaban J connectivity index is 1.45. The van der Waals surface area contributed by atoms with Crippen LogP contribution < -0.4 is 10.1 Å². The highest BCUT2D eigenvalue weighted by Crippen LogP contribution is 2.31. The van der Waals surface area contributed by atoms with E-state index in [0.29, 0.717) is 15.8 Å². The van der Waals surface area contributed by atoms with Crippen LogP contribution in [0.15, 0.2) is 81.1 Å². The number of halogens is 2. The maximum absolute atomic E-state index is 13.3. The van der Waals surface area contributed by atoms with Gasteiger partial charge in [-0.1, -0.05) is 35.9 Å². The quantitative estimate of drug-likeness (QED) is 0.417. The van der Waals surface area contributed by atoms with Gasteiger partial charge in [-0.2, -0.15) is 0 Å². The second-order valence-corrected chi connectivity index (χ2v) is 8.81. The Bertz CT molecular complexity index is 1190. The minimum atomic E-state index is -0.292. The van der Waals surface area contributed by atoms with Crippen molar-refractivity contribution in [3.8, 4) is 5.75 Å². The predicted molar refractivity (Wildman–Crippen MR) is 127 cm³/mol. The molecule has 0 aromatic heterocycles. The fraction of sp³-hybridized carbons (Fsp3) is 0.0833. The molecule has 1 N–H and O–H groups in total. The summed E-state index contributed by atoms with van der Waals surface area (Å²) in [4.78, 5) is 17.4. The van der Waals surface area contributed by atoms with E-state index in [2.05, 4.69) is 26.2 Å². The third kappa shape index (κ3) is 5.62. The SMILES string of the molecule is Cc1ccc(N=C2NC(=O)/C(=C/c3ccc(OCc4cccc(F)c4)c(Br)c3)S2)cc1. The summed E-state index contributed by atoms with van der Waals surface area (Å²) in [6, 6.07) is 19.6. The summed E-state index contributed by atoms with van der Waals surface area (Å²) < 4.78 is 19.8. The van der Waals surface area contributed by atoms with E-state index < -0.39 is 0 Å². The molecular formula is C24H18BrFN2O2S. The number of benzene rings is 3. The zero-order valence-electron chi connectivity index (χ0n) is 16.6. The second-order valence-electron chi connectivity index (χ2n) is 6.93. The highest BCUT2D eigenvalue weighted by atomic mass is 79.9. The van der Waals surface area contributed by atoms with E-state index in [9.17, 15) is 9.18 Å². The van der Waals surface area contributed by atoms with Crippen molar-refractivity contribution in [2.45, 2.75) is 13.5 Å². The molecule has 0 radical (unpaired) electrons. The third-order valence-corrected chi connectivity index (χ3v) is 5.98. The lowest BCUT2D eigenvalue weighted by Crippen LogP contribution is -2.19. The molecular weight excluding hydrogens is 479 g/mol. The van der Waals surface area contributed by atoms with Crippen molar-refractivity contribution >= 4 is 50.5 Å². The molecule has 0 bridgehead atoms. The van der Waals surface area contributed by atoms with Crippen LogP contribution in [0.4, 0.5) is 10.1 Å². The maximum atomic E-state index is 13.3. The average molecular weight is 497 g/mol. The zero-order valence-corrected chi connectivity index (χ0v) is 19.0. The van der Waals surface area contributed by atoms with Crippen LogP contribution >= 0.6 is 27.7 Å². The molecule has 156 valence electrons. The van der Waals surface area contributed by atoms with Gasteiger partial charge in [-0.3, -0.25) is 4.79 Å². The summed E-state index contributed by atoms with van der Waals surface area (Å²) in [5.74, 6) is 0.162. The number of thioether (sulfide) groups is 1. The lowest BCUT2D eigenvalue weighted by molar-refractivity contribution is -0.115. The number of nitrogens with zero attached hydrogens (tertiary/aromatic N) is 1. The summed E-state index contributed by atoms with van der Waals surface area (Å²) in [7, 11) is 0. The van der Waals surface area contributed by atoms with Crippen molar-refractivity contribution in [1.82, 2.24) is 5.32 Å². The van der Waals surface area contributed by atoms with Crippen LogP contribution in [0.25, 0.3) is 6.08 Å². The van der Waals surface area contributed by atoms with Gasteiger partial charge in [-0.05, 0) is 88.2 Å². The van der Waals surface area contributed by atoms with Crippen LogP contribution in [0, 0.1) is 12.7 Å². The number of hydrogen-bond acceptors (Lipinski definition) is 4. The Morgan fingerprint density at radius 1 is 1.13 bits per heavy atom. The molecule has 4 nitrogen and oxygen atoms in total. The molecule has 0 aliphatic carbocycles. The summed E-state index contributed by atoms with van der Waals surface area (Å²) in [5, 5.41) is 3.35. The fourth-order valence-corrected chi connectivity index (χ4v) is 4.23. The Morgan fingerprint density at radius 2 is 1.94 bits per heavy atom. The largest absolute Gasteiger partial charge is 0.488 e. The van der Waals surface area contributed by atoms with E-state index in [1.165, 1.54) is 23.9 Å². The van der Waals surface area contributed by atoms with Gasteiger partial charge in [0, 0.05) is 0 Å². The number of amidine groups is 1. The van der Waals surface area contributed by atoms with Gasteiger partial charge in [0.15, 0.2) is 5.17 Å². The molecule has 1 amide bonds. The second kappa shape index (κ2) is 9.49. The van der Waals surface area contributed by atoms with Crippen LogP contribution in [0.2, 0.25) is 0 Å². The molecule has 1 heterocycles. The van der Waals surface area contributed by atoms with E-state index >= 15 is 0 Å². The molecule has 3 aromatic carbocycles. The smallest absolute Gasteiger partial charge is 0.264 e. The van der Waals surface area contributed by atoms with Crippen LogP contribution in [0.3, 0.4) is 0 Å². The van der Waals surface area contributed by atoms with Gasteiger partial charge in [0.05, 0.1) is 15.1 Å². The number of rotatable bonds is 5. The Hall–Kier alpha value is -2.90. The molecule has 1 aliphatic rings. The van der Waals surface area contributed by atoms with Gasteiger partial charge in [0.1, 0.15) is 18.2 Å². The van der Waals surface area contributed by atoms with Gasteiger partial charge >= 0.3 is 0 Å². The van der Waals surface area contributed by atoms with Crippen molar-refractivity contribution in [2.75, 3.05) is 0 Å². The van der Waals surface area contributed by atoms with Crippen molar-refractivity contribution in [3.63, 3.8) is 0 Å². The highest BCUT2D eigenvalue weighted by molar-refractivity contribution is 9.10. The minimum absolute atomic E-state index is 0.182. The standard InChI is InChI=1S/C24H18BrFN2O2S/c1-15-5-8-19(9-6-15)27-24-28-23(29)22(31-24)13-16-7-10-21(20(25)12-16)30-14-17-3-2-4-18(26)11-17/h2-13H,14H2,1H3,(H,27,28,29)/b22-13-. The Morgan fingerprint density at radius 3 is 2.68 bits per heavy atom. The first kappa shape index (κ1) is 21.3. The Labute approximate surface area is 192 Å². The van der Waals surface area contributed by atoms with E-state index in [1.54, 1.807) is 18.2 Å². The van der Waals surface area contributed by atoms with Crippen molar-refractivity contribution in [2.24, 2.45) is 4.99 Å². The van der Waals surface area contributed by atoms with Crippen molar-refractivity contribution in [3.05, 3.63) is 98.6 Å². The summed E-state index contributed by atoms with van der Waals surface area (Å²) in [6.07, 6.45) is 1.80. The number of ether oxygens (including phenoxy) is 1. The molecule has 7 heteroatoms. The first-order valence-electron chi connectivity index (χ1n) is 9.49. The molecule has 4 rings (SSSR count). The van der Waals surface area contributed by atoms with Crippen LogP contribution in [-0.4, -0.2) is 11.1 Å². The molecule has 1 saturated heterocycles. The number of nitrogens with one attached hydrogen (secondary N) is 1. The van der Waals surface area contributed by atoms with E-state index in [0.717, 1.165) is 26.9 Å². The average Bonchev–Trinajstić information content (AvgIpc) is 3.08. The molecule has 1 aliphatic heterocycles. The number of hydrogen-bond donors (Lipinski definition) is 1. The van der Waals surface area contributed by atoms with Gasteiger partial charge in [-0.25, -0.2) is 9.38 Å². The van der Waals surface area contributed by atoms with Crippen LogP contribution in [0.5, 0.6) is 5.75 Å². The summed E-state index contributed by atoms with van der Waals surface area (Å²) >= 11 is 4.80. The number of amides is 1. The number of carbonyl (C=O) groups excluding carboxylic acids is 1.